The number of alkyl halides is 1. The van der Waals surface area contributed by atoms with Crippen LogP contribution in [-0.4, -0.2) is 41.7 Å². The Labute approximate surface area is 136 Å². The van der Waals surface area contributed by atoms with Crippen LogP contribution in [0.2, 0.25) is 0 Å². The number of aliphatic hydroxyl groups is 1. The lowest BCUT2D eigenvalue weighted by Gasteiger charge is -2.08. The number of fused-ring (bicyclic) bond motifs is 1. The van der Waals surface area contributed by atoms with Crippen LogP contribution in [0.4, 0.5) is 10.1 Å². The van der Waals surface area contributed by atoms with E-state index in [2.05, 4.69) is 15.5 Å². The predicted molar refractivity (Wildman–Crippen MR) is 89.9 cm³/mol. The van der Waals surface area contributed by atoms with E-state index in [1.165, 1.54) is 0 Å². The number of anilines is 1. The lowest BCUT2D eigenvalue weighted by molar-refractivity contribution is 0.0842. The summed E-state index contributed by atoms with van der Waals surface area (Å²) in [6.45, 7) is -0.873. The van der Waals surface area contributed by atoms with Crippen LogP contribution in [0.15, 0.2) is 36.5 Å². The van der Waals surface area contributed by atoms with Crippen molar-refractivity contribution in [2.75, 3.05) is 25.6 Å². The van der Waals surface area contributed by atoms with Crippen LogP contribution in [0.5, 0.6) is 5.75 Å². The molecule has 2 heterocycles. The second-order valence-corrected chi connectivity index (χ2v) is 6.09. The van der Waals surface area contributed by atoms with Crippen LogP contribution in [-0.2, 0) is 0 Å². The number of benzene rings is 1. The number of nitrogens with one attached hydrogen (secondary N) is 1. The second-order valence-electron chi connectivity index (χ2n) is 5.01. The topological polar surface area (TPSA) is 67.3 Å². The number of hydrogen-bond acceptors (Lipinski definition) is 6. The second kappa shape index (κ2) is 6.89. The first-order valence-electron chi connectivity index (χ1n) is 7.11. The Morgan fingerprint density at radius 3 is 3.00 bits per heavy atom. The molecule has 0 saturated heterocycles. The monoisotopic (exact) mass is 333 g/mol. The smallest absolute Gasteiger partial charge is 0.120 e. The van der Waals surface area contributed by atoms with Gasteiger partial charge in [0.1, 0.15) is 30.8 Å². The first kappa shape index (κ1) is 15.6. The van der Waals surface area contributed by atoms with Crippen LogP contribution >= 0.6 is 11.3 Å². The summed E-state index contributed by atoms with van der Waals surface area (Å²) in [5.41, 5.74) is 1.70. The highest BCUT2D eigenvalue weighted by Crippen LogP contribution is 2.35. The molecule has 23 heavy (non-hydrogen) atoms. The summed E-state index contributed by atoms with van der Waals surface area (Å²) in [7, 11) is 1.83. The molecule has 120 valence electrons. The average Bonchev–Trinajstić information content (AvgIpc) is 3.03. The number of thiophene rings is 1. The maximum absolute atomic E-state index is 12.2. The van der Waals surface area contributed by atoms with Gasteiger partial charge in [0, 0.05) is 11.7 Å². The van der Waals surface area contributed by atoms with Gasteiger partial charge in [0.2, 0.25) is 0 Å². The quantitative estimate of drug-likeness (QED) is 0.725. The third-order valence-corrected chi connectivity index (χ3v) is 4.43. The third kappa shape index (κ3) is 3.57. The van der Waals surface area contributed by atoms with Crippen molar-refractivity contribution in [3.63, 3.8) is 0 Å². The lowest BCUT2D eigenvalue weighted by Crippen LogP contribution is -2.19. The zero-order valence-electron chi connectivity index (χ0n) is 12.5. The first-order chi connectivity index (χ1) is 11.2. The van der Waals surface area contributed by atoms with Crippen molar-refractivity contribution >= 4 is 27.1 Å². The van der Waals surface area contributed by atoms with E-state index in [0.29, 0.717) is 5.75 Å². The molecule has 0 aliphatic carbocycles. The minimum absolute atomic E-state index is 0.0596. The molecule has 2 aromatic heterocycles. The number of halogens is 1. The molecule has 1 aromatic carbocycles. The average molecular weight is 333 g/mol. The van der Waals surface area contributed by atoms with Crippen molar-refractivity contribution in [2.24, 2.45) is 0 Å². The Bertz CT molecular complexity index is 809. The predicted octanol–water partition coefficient (Wildman–Crippen LogP) is 3.11. The summed E-state index contributed by atoms with van der Waals surface area (Å²) in [6.07, 6.45) is 0.572. The molecule has 3 rings (SSSR count). The molecule has 1 atom stereocenters. The number of ether oxygens (including phenoxy) is 1. The Hall–Kier alpha value is -2.25. The van der Waals surface area contributed by atoms with E-state index in [9.17, 15) is 9.50 Å². The van der Waals surface area contributed by atoms with Gasteiger partial charge in [-0.05, 0) is 35.7 Å². The highest BCUT2D eigenvalue weighted by Gasteiger charge is 2.09. The molecule has 2 N–H and O–H groups in total. The number of hydrogen-bond donors (Lipinski definition) is 2. The Balaban J connectivity index is 1.86. The van der Waals surface area contributed by atoms with Crippen LogP contribution in [0.3, 0.4) is 0 Å². The zero-order valence-corrected chi connectivity index (χ0v) is 13.3. The molecule has 0 saturated carbocycles. The van der Waals surface area contributed by atoms with E-state index in [-0.39, 0.29) is 6.61 Å². The summed E-state index contributed by atoms with van der Waals surface area (Å²) in [5, 5.41) is 21.5. The minimum atomic E-state index is -1.09. The largest absolute Gasteiger partial charge is 0.491 e. The van der Waals surface area contributed by atoms with Gasteiger partial charge in [-0.1, -0.05) is 0 Å². The van der Waals surface area contributed by atoms with Crippen LogP contribution in [0, 0.1) is 0 Å². The maximum atomic E-state index is 12.2. The molecule has 7 heteroatoms. The molecule has 0 bridgehead atoms. The van der Waals surface area contributed by atoms with Gasteiger partial charge in [-0.2, -0.15) is 5.10 Å². The van der Waals surface area contributed by atoms with Crippen molar-refractivity contribution in [2.45, 2.75) is 6.10 Å². The molecule has 0 radical (unpaired) electrons. The van der Waals surface area contributed by atoms with Gasteiger partial charge in [0.05, 0.1) is 16.8 Å². The van der Waals surface area contributed by atoms with Crippen molar-refractivity contribution in [1.82, 2.24) is 10.2 Å². The molecule has 0 unspecified atom stereocenters. The van der Waals surface area contributed by atoms with Gasteiger partial charge >= 0.3 is 0 Å². The molecular formula is C16H16FN3O2S. The fraction of sp³-hybridized carbons (Fsp3) is 0.250. The summed E-state index contributed by atoms with van der Waals surface area (Å²) in [4.78, 5) is 1.01. The van der Waals surface area contributed by atoms with E-state index in [0.717, 1.165) is 26.3 Å². The highest BCUT2D eigenvalue weighted by atomic mass is 32.1. The standard InChI is InChI=1S/C16H16FN3O2S/c1-18-11-5-14(20-19-8-11)16-4-10-2-3-13(6-15(10)23-16)22-9-12(21)7-17/h2-6,8,12,21H,7,9H2,1H3,(H,18,20)/t12-/m0/s1. The van der Waals surface area contributed by atoms with Gasteiger partial charge in [-0.3, -0.25) is 0 Å². The molecule has 3 aromatic rings. The Morgan fingerprint density at radius 1 is 1.35 bits per heavy atom. The van der Waals surface area contributed by atoms with Gasteiger partial charge < -0.3 is 15.2 Å². The van der Waals surface area contributed by atoms with E-state index < -0.39 is 12.8 Å². The van der Waals surface area contributed by atoms with Crippen LogP contribution < -0.4 is 10.1 Å². The van der Waals surface area contributed by atoms with Crippen molar-refractivity contribution in [3.8, 4) is 16.3 Å². The molecule has 0 amide bonds. The lowest BCUT2D eigenvalue weighted by atomic mass is 10.2. The number of nitrogens with zero attached hydrogens (tertiary/aromatic N) is 2. The number of rotatable bonds is 6. The van der Waals surface area contributed by atoms with Crippen molar-refractivity contribution < 1.29 is 14.2 Å². The summed E-state index contributed by atoms with van der Waals surface area (Å²) in [6, 6.07) is 9.60. The first-order valence-corrected chi connectivity index (χ1v) is 7.92. The van der Waals surface area contributed by atoms with Gasteiger partial charge in [-0.25, -0.2) is 4.39 Å². The zero-order chi connectivity index (χ0) is 16.2. The molecule has 5 nitrogen and oxygen atoms in total. The molecule has 0 aliphatic heterocycles. The third-order valence-electron chi connectivity index (χ3n) is 3.31. The Kier molecular flexibility index (Phi) is 4.68. The summed E-state index contributed by atoms with van der Waals surface area (Å²) in [5.74, 6) is 0.605. The molecule has 0 fully saturated rings. The van der Waals surface area contributed by atoms with Gasteiger partial charge in [0.25, 0.3) is 0 Å². The summed E-state index contributed by atoms with van der Waals surface area (Å²) < 4.78 is 18.7. The minimum Gasteiger partial charge on any atom is -0.491 e. The number of aromatic nitrogens is 2. The fourth-order valence-corrected chi connectivity index (χ4v) is 3.14. The van der Waals surface area contributed by atoms with E-state index in [1.54, 1.807) is 23.6 Å². The van der Waals surface area contributed by atoms with Gasteiger partial charge in [0.15, 0.2) is 0 Å². The van der Waals surface area contributed by atoms with E-state index >= 15 is 0 Å². The number of aliphatic hydroxyl groups excluding tert-OH is 1. The van der Waals surface area contributed by atoms with E-state index in [1.807, 2.05) is 31.3 Å². The SMILES string of the molecule is CNc1cnnc(-c2cc3ccc(OC[C@@H](O)CF)cc3s2)c1. The molecule has 0 spiro atoms. The molecule has 0 aliphatic rings. The summed E-state index contributed by atoms with van der Waals surface area (Å²) >= 11 is 1.58. The van der Waals surface area contributed by atoms with Crippen molar-refractivity contribution in [3.05, 3.63) is 36.5 Å². The Morgan fingerprint density at radius 2 is 2.22 bits per heavy atom. The van der Waals surface area contributed by atoms with Crippen LogP contribution in [0.25, 0.3) is 20.7 Å². The maximum Gasteiger partial charge on any atom is 0.120 e. The van der Waals surface area contributed by atoms with Crippen molar-refractivity contribution in [1.29, 1.82) is 0 Å². The van der Waals surface area contributed by atoms with E-state index in [4.69, 9.17) is 4.74 Å². The highest BCUT2D eigenvalue weighted by molar-refractivity contribution is 7.22. The fourth-order valence-electron chi connectivity index (χ4n) is 2.09. The normalized spacial score (nSPS) is 12.3. The van der Waals surface area contributed by atoms with Crippen LogP contribution in [0.1, 0.15) is 0 Å². The molecular weight excluding hydrogens is 317 g/mol. The van der Waals surface area contributed by atoms with Gasteiger partial charge in [-0.15, -0.1) is 16.4 Å².